The summed E-state index contributed by atoms with van der Waals surface area (Å²) in [6.45, 7) is 8.45. The zero-order chi connectivity index (χ0) is 24.1. The van der Waals surface area contributed by atoms with E-state index in [0.29, 0.717) is 6.42 Å². The molecule has 0 aliphatic rings. The third-order valence-electron chi connectivity index (χ3n) is 5.72. The van der Waals surface area contributed by atoms with Crippen molar-refractivity contribution >= 4 is 26.2 Å². The van der Waals surface area contributed by atoms with Crippen LogP contribution in [0.15, 0.2) is 0 Å². The van der Waals surface area contributed by atoms with E-state index in [9.17, 15) is 14.5 Å². The SMILES string of the molecule is CCCCCCCCCCCSC(CCCCCC)C(C)OC(OCCC)([PH+]=O)C(=O)O. The predicted octanol–water partition coefficient (Wildman–Crippen LogP) is 8.18. The minimum Gasteiger partial charge on any atom is -0.474 e. The summed E-state index contributed by atoms with van der Waals surface area (Å²) >= 11 is 1.88. The van der Waals surface area contributed by atoms with E-state index in [1.165, 1.54) is 77.0 Å². The molecule has 1 N–H and O–H groups in total. The molecule has 0 aliphatic carbocycles. The third kappa shape index (κ3) is 14.9. The first kappa shape index (κ1) is 31.8. The van der Waals surface area contributed by atoms with Crippen LogP contribution < -0.4 is 0 Å². The molecule has 7 heteroatoms. The molecular weight excluding hydrogens is 443 g/mol. The summed E-state index contributed by atoms with van der Waals surface area (Å²) in [4.78, 5) is 11.8. The average molecular weight is 494 g/mol. The van der Waals surface area contributed by atoms with Crippen molar-refractivity contribution in [3.63, 3.8) is 0 Å². The average Bonchev–Trinajstić information content (AvgIpc) is 2.78. The summed E-state index contributed by atoms with van der Waals surface area (Å²) in [6, 6.07) is 0. The van der Waals surface area contributed by atoms with Crippen molar-refractivity contribution in [2.24, 2.45) is 0 Å². The Morgan fingerprint density at radius 2 is 1.41 bits per heavy atom. The van der Waals surface area contributed by atoms with Gasteiger partial charge in [-0.05, 0) is 31.9 Å². The number of carboxylic acid groups (broad SMARTS) is 1. The summed E-state index contributed by atoms with van der Waals surface area (Å²) < 4.78 is 23.1. The zero-order valence-corrected chi connectivity index (χ0v) is 23.0. The van der Waals surface area contributed by atoms with Crippen LogP contribution in [0.2, 0.25) is 0 Å². The molecule has 0 amide bonds. The second kappa shape index (κ2) is 21.4. The van der Waals surface area contributed by atoms with Gasteiger partial charge in [0.1, 0.15) is 0 Å². The van der Waals surface area contributed by atoms with E-state index in [-0.39, 0.29) is 18.0 Å². The largest absolute Gasteiger partial charge is 0.474 e. The van der Waals surface area contributed by atoms with Gasteiger partial charge in [0.05, 0.1) is 12.7 Å². The van der Waals surface area contributed by atoms with Crippen LogP contribution >= 0.6 is 20.2 Å². The number of hydrogen-bond acceptors (Lipinski definition) is 5. The van der Waals surface area contributed by atoms with Gasteiger partial charge in [0.15, 0.2) is 0 Å². The van der Waals surface area contributed by atoms with Gasteiger partial charge in [-0.1, -0.05) is 102 Å². The van der Waals surface area contributed by atoms with Crippen molar-refractivity contribution in [1.29, 1.82) is 0 Å². The molecule has 0 saturated carbocycles. The molecule has 0 rings (SSSR count). The summed E-state index contributed by atoms with van der Waals surface area (Å²) in [5.41, 5.74) is -2.05. The Bertz CT molecular complexity index is 466. The predicted molar refractivity (Wildman–Crippen MR) is 138 cm³/mol. The maximum atomic E-state index is 11.8. The van der Waals surface area contributed by atoms with Gasteiger partial charge in [-0.15, -0.1) is 0 Å². The van der Waals surface area contributed by atoms with Gasteiger partial charge >= 0.3 is 20.0 Å². The normalized spacial score (nSPS) is 15.5. The number of unbranched alkanes of at least 4 members (excludes halogenated alkanes) is 11. The van der Waals surface area contributed by atoms with E-state index >= 15 is 0 Å². The van der Waals surface area contributed by atoms with E-state index in [1.807, 2.05) is 25.6 Å². The molecular formula is C25H50O5PS+. The Hall–Kier alpha value is -0.160. The minimum absolute atomic E-state index is 0.182. The van der Waals surface area contributed by atoms with Crippen LogP contribution in [-0.2, 0) is 18.8 Å². The van der Waals surface area contributed by atoms with Crippen molar-refractivity contribution < 1.29 is 23.9 Å². The molecule has 190 valence electrons. The van der Waals surface area contributed by atoms with Crippen molar-refractivity contribution in [3.8, 4) is 0 Å². The van der Waals surface area contributed by atoms with E-state index in [2.05, 4.69) is 13.8 Å². The molecule has 0 heterocycles. The zero-order valence-electron chi connectivity index (χ0n) is 21.2. The number of ether oxygens (including phenoxy) is 2. The number of carbonyl (C=O) groups is 1. The van der Waals surface area contributed by atoms with Crippen LogP contribution in [0.5, 0.6) is 0 Å². The number of carboxylic acids is 1. The van der Waals surface area contributed by atoms with E-state index in [1.54, 1.807) is 0 Å². The maximum Gasteiger partial charge on any atom is 0.472 e. The Kier molecular flexibility index (Phi) is 21.3. The van der Waals surface area contributed by atoms with Crippen LogP contribution in [-0.4, -0.2) is 40.3 Å². The van der Waals surface area contributed by atoms with Gasteiger partial charge in [0, 0.05) is 5.25 Å². The number of aliphatic carboxylic acids is 1. The molecule has 32 heavy (non-hydrogen) atoms. The Morgan fingerprint density at radius 1 is 0.875 bits per heavy atom. The van der Waals surface area contributed by atoms with E-state index in [0.717, 1.165) is 18.6 Å². The van der Waals surface area contributed by atoms with Crippen LogP contribution in [0.4, 0.5) is 0 Å². The molecule has 0 fully saturated rings. The lowest BCUT2D eigenvalue weighted by Crippen LogP contribution is -2.44. The Labute approximate surface area is 203 Å². The van der Waals surface area contributed by atoms with Gasteiger partial charge in [-0.3, -0.25) is 4.74 Å². The van der Waals surface area contributed by atoms with E-state index < -0.39 is 20.0 Å². The second-order valence-corrected chi connectivity index (χ2v) is 11.0. The van der Waals surface area contributed by atoms with Crippen molar-refractivity contribution in [1.82, 2.24) is 0 Å². The lowest BCUT2D eigenvalue weighted by atomic mass is 10.1. The van der Waals surface area contributed by atoms with Gasteiger partial charge in [0.2, 0.25) is 0 Å². The van der Waals surface area contributed by atoms with Crippen LogP contribution in [0.3, 0.4) is 0 Å². The lowest BCUT2D eigenvalue weighted by Gasteiger charge is -2.27. The summed E-state index contributed by atoms with van der Waals surface area (Å²) in [5.74, 6) is -0.253. The van der Waals surface area contributed by atoms with Crippen molar-refractivity contribution in [2.45, 2.75) is 141 Å². The summed E-state index contributed by atoms with van der Waals surface area (Å²) in [7, 11) is -1.20. The molecule has 0 aromatic carbocycles. The third-order valence-corrected chi connectivity index (χ3v) is 8.04. The highest BCUT2D eigenvalue weighted by atomic mass is 32.2. The van der Waals surface area contributed by atoms with Gasteiger partial charge < -0.3 is 9.84 Å². The first-order valence-electron chi connectivity index (χ1n) is 13.0. The molecule has 5 nitrogen and oxygen atoms in total. The van der Waals surface area contributed by atoms with Crippen LogP contribution in [0.25, 0.3) is 0 Å². The fourth-order valence-electron chi connectivity index (χ4n) is 3.70. The summed E-state index contributed by atoms with van der Waals surface area (Å²) in [5, 5.41) is 9.82. The fourth-order valence-corrected chi connectivity index (χ4v) is 5.52. The lowest BCUT2D eigenvalue weighted by molar-refractivity contribution is -0.217. The highest BCUT2D eigenvalue weighted by Gasteiger charge is 2.53. The number of hydrogen-bond donors (Lipinski definition) is 1. The molecule has 0 spiro atoms. The monoisotopic (exact) mass is 493 g/mol. The molecule has 0 bridgehead atoms. The standard InChI is InChI=1S/C25H49O5PS/c1-5-8-10-12-13-14-15-16-18-21-32-23(19-17-11-9-6-2)22(4)30-25(31-28,24(26)27)29-20-7-3/h22-23H,5-21H2,1-4H3,(H,26,27)/p+1. The smallest absolute Gasteiger partial charge is 0.472 e. The molecule has 0 radical (unpaired) electrons. The van der Waals surface area contributed by atoms with Crippen molar-refractivity contribution in [2.75, 3.05) is 12.4 Å². The molecule has 0 aromatic heterocycles. The maximum absolute atomic E-state index is 11.8. The van der Waals surface area contributed by atoms with Crippen LogP contribution in [0.1, 0.15) is 124 Å². The molecule has 0 saturated heterocycles. The first-order chi connectivity index (χ1) is 15.5. The van der Waals surface area contributed by atoms with Crippen molar-refractivity contribution in [3.05, 3.63) is 0 Å². The van der Waals surface area contributed by atoms with Gasteiger partial charge in [-0.25, -0.2) is 4.79 Å². The van der Waals surface area contributed by atoms with Crippen LogP contribution in [0, 0.1) is 0 Å². The van der Waals surface area contributed by atoms with Gasteiger partial charge in [0.25, 0.3) is 0 Å². The Morgan fingerprint density at radius 3 is 1.91 bits per heavy atom. The second-order valence-electron chi connectivity index (χ2n) is 8.78. The molecule has 4 atom stereocenters. The molecule has 0 aliphatic heterocycles. The summed E-state index contributed by atoms with van der Waals surface area (Å²) in [6.07, 6.45) is 17.8. The quantitative estimate of drug-likeness (QED) is 0.0830. The minimum atomic E-state index is -2.05. The fraction of sp³-hybridized carbons (Fsp3) is 0.960. The molecule has 0 aromatic rings. The number of rotatable bonds is 24. The van der Waals surface area contributed by atoms with Gasteiger partial charge in [-0.2, -0.15) is 11.8 Å². The van der Waals surface area contributed by atoms with E-state index in [4.69, 9.17) is 9.47 Å². The topological polar surface area (TPSA) is 72.8 Å². The molecule has 4 unspecified atom stereocenters. The number of thioether (sulfide) groups is 1. The Balaban J connectivity index is 4.60. The highest BCUT2D eigenvalue weighted by Crippen LogP contribution is 2.33. The first-order valence-corrected chi connectivity index (χ1v) is 15.0. The highest BCUT2D eigenvalue weighted by molar-refractivity contribution is 7.99.